The monoisotopic (exact) mass is 289 g/mol. The van der Waals surface area contributed by atoms with Crippen LogP contribution < -0.4 is 0 Å². The Morgan fingerprint density at radius 1 is 1.10 bits per heavy atom. The summed E-state index contributed by atoms with van der Waals surface area (Å²) in [5.74, 6) is -0.305. The highest BCUT2D eigenvalue weighted by molar-refractivity contribution is 5.67. The zero-order chi connectivity index (χ0) is 14.8. The number of benzene rings is 1. The van der Waals surface area contributed by atoms with Gasteiger partial charge in [0.15, 0.2) is 0 Å². The number of aliphatic carboxylic acids is 1. The summed E-state index contributed by atoms with van der Waals surface area (Å²) in [5, 5.41) is 18.1. The summed E-state index contributed by atoms with van der Waals surface area (Å²) in [4.78, 5) is 13.5. The van der Waals surface area contributed by atoms with Gasteiger partial charge < -0.3 is 10.2 Å². The van der Waals surface area contributed by atoms with E-state index in [4.69, 9.17) is 10.2 Å². The van der Waals surface area contributed by atoms with E-state index in [1.54, 1.807) is 0 Å². The van der Waals surface area contributed by atoms with E-state index in [1.807, 2.05) is 12.1 Å². The smallest absolute Gasteiger partial charge is 0.303 e. The van der Waals surface area contributed by atoms with Crippen LogP contribution in [0.5, 0.6) is 0 Å². The molecular formula is C17H23NO3. The van der Waals surface area contributed by atoms with Crippen LogP contribution >= 0.6 is 0 Å². The molecule has 2 saturated heterocycles. The van der Waals surface area contributed by atoms with Crippen LogP contribution in [0.3, 0.4) is 0 Å². The number of carbonyl (C=O) groups is 1. The van der Waals surface area contributed by atoms with Gasteiger partial charge in [-0.2, -0.15) is 0 Å². The van der Waals surface area contributed by atoms with E-state index >= 15 is 0 Å². The first-order chi connectivity index (χ1) is 10.2. The molecule has 3 rings (SSSR count). The Balaban J connectivity index is 1.63. The lowest BCUT2D eigenvalue weighted by atomic mass is 9.88. The molecule has 4 nitrogen and oxygen atoms in total. The van der Waals surface area contributed by atoms with Crippen molar-refractivity contribution in [1.82, 2.24) is 4.90 Å². The van der Waals surface area contributed by atoms with Crippen molar-refractivity contribution in [2.75, 3.05) is 0 Å². The van der Waals surface area contributed by atoms with E-state index in [2.05, 4.69) is 17.0 Å². The number of aliphatic hydroxyl groups is 1. The molecule has 21 heavy (non-hydrogen) atoms. The van der Waals surface area contributed by atoms with Crippen molar-refractivity contribution in [2.45, 2.75) is 57.3 Å². The molecule has 0 spiro atoms. The van der Waals surface area contributed by atoms with Crippen LogP contribution in [0.1, 0.15) is 43.2 Å². The average Bonchev–Trinajstić information content (AvgIpc) is 2.70. The van der Waals surface area contributed by atoms with Gasteiger partial charge in [-0.05, 0) is 42.7 Å². The zero-order valence-corrected chi connectivity index (χ0v) is 12.2. The van der Waals surface area contributed by atoms with Crippen molar-refractivity contribution >= 4 is 5.97 Å². The summed E-state index contributed by atoms with van der Waals surface area (Å²) < 4.78 is 0. The third-order valence-corrected chi connectivity index (χ3v) is 5.02. The third kappa shape index (κ3) is 3.27. The van der Waals surface area contributed by atoms with E-state index in [0.717, 1.165) is 24.9 Å². The van der Waals surface area contributed by atoms with Gasteiger partial charge in [-0.15, -0.1) is 0 Å². The summed E-state index contributed by atoms with van der Waals surface area (Å²) >= 11 is 0. The highest BCUT2D eigenvalue weighted by atomic mass is 16.4. The Hall–Kier alpha value is -1.39. The Morgan fingerprint density at radius 3 is 2.19 bits per heavy atom. The van der Waals surface area contributed by atoms with Crippen LogP contribution in [-0.2, 0) is 17.9 Å². The number of carboxylic acid groups (broad SMARTS) is 1. The lowest BCUT2D eigenvalue weighted by molar-refractivity contribution is -0.138. The van der Waals surface area contributed by atoms with Crippen LogP contribution in [0.2, 0.25) is 0 Å². The summed E-state index contributed by atoms with van der Waals surface area (Å²) in [5.41, 5.74) is 2.22. The predicted octanol–water partition coefficient (Wildman–Crippen LogP) is 2.40. The molecule has 2 heterocycles. The van der Waals surface area contributed by atoms with E-state index in [-0.39, 0.29) is 6.61 Å². The molecule has 0 amide bonds. The molecular weight excluding hydrogens is 266 g/mol. The van der Waals surface area contributed by atoms with Crippen LogP contribution in [0.4, 0.5) is 0 Å². The summed E-state index contributed by atoms with van der Waals surface area (Å²) in [7, 11) is 0. The molecule has 2 bridgehead atoms. The molecule has 0 aliphatic carbocycles. The molecule has 2 N–H and O–H groups in total. The Bertz CT molecular complexity index is 485. The summed E-state index contributed by atoms with van der Waals surface area (Å²) in [6, 6.07) is 9.24. The first-order valence-corrected chi connectivity index (χ1v) is 7.82. The van der Waals surface area contributed by atoms with Crippen molar-refractivity contribution in [1.29, 1.82) is 0 Å². The van der Waals surface area contributed by atoms with Crippen LogP contribution in [0.15, 0.2) is 24.3 Å². The van der Waals surface area contributed by atoms with E-state index < -0.39 is 5.97 Å². The quantitative estimate of drug-likeness (QED) is 0.874. The molecule has 0 saturated carbocycles. The van der Waals surface area contributed by atoms with Crippen molar-refractivity contribution in [3.63, 3.8) is 0 Å². The van der Waals surface area contributed by atoms with Crippen LogP contribution in [-0.4, -0.2) is 33.2 Å². The first-order valence-electron chi connectivity index (χ1n) is 7.82. The Morgan fingerprint density at radius 2 is 1.67 bits per heavy atom. The van der Waals surface area contributed by atoms with Gasteiger partial charge >= 0.3 is 5.97 Å². The predicted molar refractivity (Wildman–Crippen MR) is 79.7 cm³/mol. The standard InChI is InChI=1S/C17H23NO3/c19-11-13-3-1-12(2-4-13)10-18-15-5-6-16(18)8-14(7-15)9-17(20)21/h1-4,14-16,19H,5-11H2,(H,20,21). The summed E-state index contributed by atoms with van der Waals surface area (Å²) in [6.07, 6.45) is 4.78. The third-order valence-electron chi connectivity index (χ3n) is 5.02. The van der Waals surface area contributed by atoms with E-state index in [1.165, 1.54) is 18.4 Å². The van der Waals surface area contributed by atoms with Crippen molar-refractivity contribution < 1.29 is 15.0 Å². The minimum atomic E-state index is -0.660. The molecule has 2 unspecified atom stereocenters. The number of fused-ring (bicyclic) bond motifs is 2. The van der Waals surface area contributed by atoms with Gasteiger partial charge in [-0.1, -0.05) is 24.3 Å². The highest BCUT2D eigenvalue weighted by Gasteiger charge is 2.40. The van der Waals surface area contributed by atoms with Crippen molar-refractivity contribution in [3.05, 3.63) is 35.4 Å². The van der Waals surface area contributed by atoms with Crippen molar-refractivity contribution in [3.8, 4) is 0 Å². The zero-order valence-electron chi connectivity index (χ0n) is 12.2. The van der Waals surface area contributed by atoms with Gasteiger partial charge in [0.2, 0.25) is 0 Å². The second kappa shape index (κ2) is 6.16. The number of piperidine rings is 1. The number of aliphatic hydroxyl groups excluding tert-OH is 1. The Labute approximate surface area is 125 Å². The van der Waals surface area contributed by atoms with Gasteiger partial charge in [-0.25, -0.2) is 0 Å². The fourth-order valence-electron chi connectivity index (χ4n) is 4.02. The lowest BCUT2D eigenvalue weighted by Crippen LogP contribution is -2.42. The van der Waals surface area contributed by atoms with Crippen molar-refractivity contribution in [2.24, 2.45) is 5.92 Å². The first kappa shape index (κ1) is 14.5. The highest BCUT2D eigenvalue weighted by Crippen LogP contribution is 2.40. The van der Waals surface area contributed by atoms with Gasteiger partial charge in [-0.3, -0.25) is 9.69 Å². The molecule has 2 aliphatic heterocycles. The molecule has 2 fully saturated rings. The number of carboxylic acids is 1. The van der Waals surface area contributed by atoms with Gasteiger partial charge in [0, 0.05) is 25.0 Å². The second-order valence-corrected chi connectivity index (χ2v) is 6.47. The van der Waals surface area contributed by atoms with Gasteiger partial charge in [0.1, 0.15) is 0 Å². The molecule has 4 heteroatoms. The topological polar surface area (TPSA) is 60.8 Å². The minimum Gasteiger partial charge on any atom is -0.481 e. The molecule has 2 aliphatic rings. The maximum Gasteiger partial charge on any atom is 0.303 e. The van der Waals surface area contributed by atoms with Gasteiger partial charge in [0.25, 0.3) is 0 Å². The maximum atomic E-state index is 10.9. The van der Waals surface area contributed by atoms with E-state index in [0.29, 0.717) is 24.4 Å². The largest absolute Gasteiger partial charge is 0.481 e. The van der Waals surface area contributed by atoms with Gasteiger partial charge in [0.05, 0.1) is 6.61 Å². The lowest BCUT2D eigenvalue weighted by Gasteiger charge is -2.38. The second-order valence-electron chi connectivity index (χ2n) is 6.47. The molecule has 1 aromatic rings. The van der Waals surface area contributed by atoms with E-state index in [9.17, 15) is 4.79 Å². The SMILES string of the molecule is O=C(O)CC1CC2CCC(C1)N2Cc1ccc(CO)cc1. The number of nitrogens with zero attached hydrogens (tertiary/aromatic N) is 1. The minimum absolute atomic E-state index is 0.0894. The molecule has 0 aromatic heterocycles. The number of hydrogen-bond donors (Lipinski definition) is 2. The fourth-order valence-corrected chi connectivity index (χ4v) is 4.02. The molecule has 1 aromatic carbocycles. The number of hydrogen-bond acceptors (Lipinski definition) is 3. The van der Waals surface area contributed by atoms with Crippen LogP contribution in [0.25, 0.3) is 0 Å². The molecule has 114 valence electrons. The van der Waals surface area contributed by atoms with Crippen LogP contribution in [0, 0.1) is 5.92 Å². The fraction of sp³-hybridized carbons (Fsp3) is 0.588. The molecule has 0 radical (unpaired) electrons. The normalized spacial score (nSPS) is 28.7. The number of rotatable bonds is 5. The Kier molecular flexibility index (Phi) is 4.27. The maximum absolute atomic E-state index is 10.9. The average molecular weight is 289 g/mol. The molecule has 2 atom stereocenters. The summed E-state index contributed by atoms with van der Waals surface area (Å²) in [6.45, 7) is 1.03.